The van der Waals surface area contributed by atoms with Crippen LogP contribution in [0.15, 0.2) is 108 Å². The third kappa shape index (κ3) is 6.23. The van der Waals surface area contributed by atoms with Crippen LogP contribution < -0.4 is 21.2 Å². The molecule has 226 valence electrons. The molecule has 9 heteroatoms. The number of fused-ring (bicyclic) bond motifs is 1. The summed E-state index contributed by atoms with van der Waals surface area (Å²) in [6.07, 6.45) is 1.57. The number of aromatic nitrogens is 3. The zero-order valence-electron chi connectivity index (χ0n) is 25.3. The Bertz CT molecular complexity index is 1750. The van der Waals surface area contributed by atoms with Crippen molar-refractivity contribution < 1.29 is 4.79 Å². The second-order valence-electron chi connectivity index (χ2n) is 11.4. The van der Waals surface area contributed by atoms with E-state index in [2.05, 4.69) is 61.9 Å². The molecule has 9 nitrogen and oxygen atoms in total. The van der Waals surface area contributed by atoms with E-state index in [-0.39, 0.29) is 23.7 Å². The van der Waals surface area contributed by atoms with Crippen molar-refractivity contribution in [1.82, 2.24) is 24.6 Å². The maximum Gasteiger partial charge on any atom is 0.350 e. The van der Waals surface area contributed by atoms with E-state index in [1.807, 2.05) is 74.5 Å². The van der Waals surface area contributed by atoms with Crippen LogP contribution in [0.25, 0.3) is 16.5 Å². The number of rotatable bonds is 10. The van der Waals surface area contributed by atoms with Gasteiger partial charge in [0.1, 0.15) is 12.4 Å². The van der Waals surface area contributed by atoms with Gasteiger partial charge in [-0.05, 0) is 55.1 Å². The van der Waals surface area contributed by atoms with Gasteiger partial charge in [-0.2, -0.15) is 5.10 Å². The third-order valence-electron chi connectivity index (χ3n) is 8.25. The molecule has 0 aliphatic carbocycles. The molecule has 1 aromatic heterocycles. The van der Waals surface area contributed by atoms with Crippen LogP contribution in [0, 0.1) is 0 Å². The average molecular weight is 590 g/mol. The molecule has 1 aliphatic heterocycles. The summed E-state index contributed by atoms with van der Waals surface area (Å²) in [6.45, 7) is 8.14. The maximum absolute atomic E-state index is 13.6. The smallest absolute Gasteiger partial charge is 0.350 e. The first-order valence-corrected chi connectivity index (χ1v) is 15.3. The van der Waals surface area contributed by atoms with Crippen molar-refractivity contribution in [3.63, 3.8) is 0 Å². The number of anilines is 2. The molecular formula is C35H39N7O2. The predicted octanol–water partition coefficient (Wildman–Crippen LogP) is 4.86. The number of nitrogens with one attached hydrogen (secondary N) is 2. The quantitative estimate of drug-likeness (QED) is 0.226. The Morgan fingerprint density at radius 3 is 2.20 bits per heavy atom. The van der Waals surface area contributed by atoms with Crippen molar-refractivity contribution in [2.75, 3.05) is 49.5 Å². The van der Waals surface area contributed by atoms with Gasteiger partial charge in [0.2, 0.25) is 5.91 Å². The van der Waals surface area contributed by atoms with E-state index in [0.717, 1.165) is 48.8 Å². The number of amides is 1. The van der Waals surface area contributed by atoms with Gasteiger partial charge >= 0.3 is 5.69 Å². The molecule has 1 fully saturated rings. The first-order valence-electron chi connectivity index (χ1n) is 15.3. The molecule has 5 aromatic rings. The lowest BCUT2D eigenvalue weighted by Gasteiger charge is -2.39. The minimum Gasteiger partial charge on any atom is -0.383 e. The summed E-state index contributed by atoms with van der Waals surface area (Å²) < 4.78 is 3.05. The zero-order chi connectivity index (χ0) is 30.5. The highest BCUT2D eigenvalue weighted by Gasteiger charge is 2.30. The summed E-state index contributed by atoms with van der Waals surface area (Å²) in [6, 6.07) is 32.2. The highest BCUT2D eigenvalue weighted by molar-refractivity contribution is 5.93. The summed E-state index contributed by atoms with van der Waals surface area (Å²) in [4.78, 5) is 30.9. The molecule has 0 saturated carbocycles. The van der Waals surface area contributed by atoms with Gasteiger partial charge in [-0.15, -0.1) is 0 Å². The number of hydrogen-bond donors (Lipinski definition) is 2. The molecule has 1 atom stereocenters. The van der Waals surface area contributed by atoms with E-state index in [1.54, 1.807) is 10.9 Å². The molecule has 2 N–H and O–H groups in total. The average Bonchev–Trinajstić information content (AvgIpc) is 3.45. The highest BCUT2D eigenvalue weighted by Crippen LogP contribution is 2.26. The van der Waals surface area contributed by atoms with E-state index in [4.69, 9.17) is 0 Å². The van der Waals surface area contributed by atoms with Gasteiger partial charge in [-0.25, -0.2) is 14.0 Å². The minimum absolute atomic E-state index is 0.00724. The molecule has 0 spiro atoms. The normalized spacial score (nSPS) is 14.6. The van der Waals surface area contributed by atoms with Gasteiger partial charge in [0.25, 0.3) is 0 Å². The minimum atomic E-state index is -0.359. The first-order chi connectivity index (χ1) is 21.5. The van der Waals surface area contributed by atoms with Gasteiger partial charge in [0, 0.05) is 56.0 Å². The van der Waals surface area contributed by atoms with Crippen LogP contribution in [0.5, 0.6) is 0 Å². The molecule has 1 aliphatic rings. The predicted molar refractivity (Wildman–Crippen MR) is 177 cm³/mol. The summed E-state index contributed by atoms with van der Waals surface area (Å²) >= 11 is 0. The van der Waals surface area contributed by atoms with E-state index in [0.29, 0.717) is 13.1 Å². The summed E-state index contributed by atoms with van der Waals surface area (Å²) in [5, 5.41) is 13.3. The van der Waals surface area contributed by atoms with Crippen molar-refractivity contribution in [2.24, 2.45) is 0 Å². The molecule has 1 amide bonds. The summed E-state index contributed by atoms with van der Waals surface area (Å²) in [7, 11) is 0. The number of nitrogens with zero attached hydrogens (tertiary/aromatic N) is 5. The lowest BCUT2D eigenvalue weighted by Crippen LogP contribution is -2.51. The molecule has 0 bridgehead atoms. The van der Waals surface area contributed by atoms with Crippen molar-refractivity contribution in [1.29, 1.82) is 0 Å². The van der Waals surface area contributed by atoms with Gasteiger partial charge in [-0.3, -0.25) is 9.69 Å². The Morgan fingerprint density at radius 1 is 0.795 bits per heavy atom. The zero-order valence-corrected chi connectivity index (χ0v) is 25.3. The number of hydrogen-bond acceptors (Lipinski definition) is 6. The van der Waals surface area contributed by atoms with Crippen molar-refractivity contribution >= 4 is 28.1 Å². The Hall–Kier alpha value is -4.89. The topological polar surface area (TPSA) is 87.4 Å². The molecule has 1 saturated heterocycles. The van der Waals surface area contributed by atoms with Crippen LogP contribution in [0.4, 0.5) is 11.4 Å². The van der Waals surface area contributed by atoms with E-state index in [1.165, 1.54) is 15.5 Å². The second-order valence-corrected chi connectivity index (χ2v) is 11.4. The van der Waals surface area contributed by atoms with Crippen LogP contribution >= 0.6 is 0 Å². The van der Waals surface area contributed by atoms with E-state index in [9.17, 15) is 9.59 Å². The molecule has 2 heterocycles. The SMILES string of the molecule is CC(C)n1ncn(-c2ccc(N3CCN(C(C(=O)NCCNc4cccc5ccccc45)c4ccccc4)CC3)cc2)c1=O. The van der Waals surface area contributed by atoms with E-state index < -0.39 is 0 Å². The Balaban J connectivity index is 1.08. The van der Waals surface area contributed by atoms with Crippen molar-refractivity contribution in [3.05, 3.63) is 119 Å². The number of benzene rings is 4. The second kappa shape index (κ2) is 13.2. The molecular weight excluding hydrogens is 550 g/mol. The Kier molecular flexibility index (Phi) is 8.74. The molecule has 1 unspecified atom stereocenters. The molecule has 44 heavy (non-hydrogen) atoms. The van der Waals surface area contributed by atoms with Gasteiger partial charge in [-0.1, -0.05) is 66.7 Å². The summed E-state index contributed by atoms with van der Waals surface area (Å²) in [5.41, 5.74) is 3.81. The van der Waals surface area contributed by atoms with Crippen LogP contribution in [0.3, 0.4) is 0 Å². The fourth-order valence-electron chi connectivity index (χ4n) is 5.93. The van der Waals surface area contributed by atoms with Crippen LogP contribution in [0.1, 0.15) is 31.5 Å². The van der Waals surface area contributed by atoms with Crippen molar-refractivity contribution in [2.45, 2.75) is 25.9 Å². The van der Waals surface area contributed by atoms with Crippen LogP contribution in [0.2, 0.25) is 0 Å². The van der Waals surface area contributed by atoms with Crippen LogP contribution in [-0.2, 0) is 4.79 Å². The van der Waals surface area contributed by atoms with Gasteiger partial charge < -0.3 is 15.5 Å². The largest absolute Gasteiger partial charge is 0.383 e. The molecule has 6 rings (SSSR count). The number of piperazine rings is 1. The fraction of sp³-hybridized carbons (Fsp3) is 0.286. The fourth-order valence-corrected chi connectivity index (χ4v) is 5.93. The van der Waals surface area contributed by atoms with Crippen molar-refractivity contribution in [3.8, 4) is 5.69 Å². The van der Waals surface area contributed by atoms with E-state index >= 15 is 0 Å². The first kappa shape index (κ1) is 29.2. The Morgan fingerprint density at radius 2 is 1.48 bits per heavy atom. The summed E-state index contributed by atoms with van der Waals surface area (Å²) in [5.74, 6) is 0.0149. The monoisotopic (exact) mass is 589 g/mol. The van der Waals surface area contributed by atoms with Gasteiger partial charge in [0.15, 0.2) is 0 Å². The number of carbonyl (C=O) groups excluding carboxylic acids is 1. The highest BCUT2D eigenvalue weighted by atomic mass is 16.2. The number of carbonyl (C=O) groups is 1. The lowest BCUT2D eigenvalue weighted by molar-refractivity contribution is -0.126. The Labute approximate surface area is 257 Å². The third-order valence-corrected chi connectivity index (χ3v) is 8.25. The lowest BCUT2D eigenvalue weighted by atomic mass is 10.0. The standard InChI is InChI=1S/C35H39N7O2/c1-26(2)42-35(44)41(25-38-42)30-17-15-29(16-18-30)39-21-23-40(24-22-39)33(28-10-4-3-5-11-28)34(43)37-20-19-36-32-14-8-12-27-9-6-7-13-31(27)32/h3-18,25-26,33,36H,19-24H2,1-2H3,(H,37,43). The maximum atomic E-state index is 13.6. The van der Waals surface area contributed by atoms with Crippen LogP contribution in [-0.4, -0.2) is 64.4 Å². The molecule has 0 radical (unpaired) electrons. The van der Waals surface area contributed by atoms with Gasteiger partial charge in [0.05, 0.1) is 11.7 Å². The molecule has 4 aromatic carbocycles.